The highest BCUT2D eigenvalue weighted by Crippen LogP contribution is 2.22. The van der Waals surface area contributed by atoms with Gasteiger partial charge in [0.2, 0.25) is 0 Å². The lowest BCUT2D eigenvalue weighted by molar-refractivity contribution is -0.135. The number of rotatable bonds is 3. The van der Waals surface area contributed by atoms with E-state index in [-0.39, 0.29) is 12.1 Å². The van der Waals surface area contributed by atoms with Crippen molar-refractivity contribution in [1.82, 2.24) is 0 Å². The van der Waals surface area contributed by atoms with Crippen LogP contribution < -0.4 is 0 Å². The summed E-state index contributed by atoms with van der Waals surface area (Å²) in [5.74, 6) is -0.885. The summed E-state index contributed by atoms with van der Waals surface area (Å²) in [6.45, 7) is 4.27. The Morgan fingerprint density at radius 3 is 2.73 bits per heavy atom. The van der Waals surface area contributed by atoms with Gasteiger partial charge in [-0.1, -0.05) is 18.2 Å². The number of hydrogen-bond acceptors (Lipinski definition) is 4. The first-order valence-electron chi connectivity index (χ1n) is 4.78. The van der Waals surface area contributed by atoms with Crippen molar-refractivity contribution in [2.24, 2.45) is 0 Å². The summed E-state index contributed by atoms with van der Waals surface area (Å²) in [6, 6.07) is 0. The Hall–Kier alpha value is -1.13. The quantitative estimate of drug-likeness (QED) is 0.403. The van der Waals surface area contributed by atoms with Gasteiger partial charge in [0.25, 0.3) is 0 Å². The van der Waals surface area contributed by atoms with Crippen LogP contribution in [0.25, 0.3) is 0 Å². The fourth-order valence-electron chi connectivity index (χ4n) is 1.20. The van der Waals surface area contributed by atoms with Crippen LogP contribution in [0.5, 0.6) is 0 Å². The molecule has 1 saturated heterocycles. The molecule has 1 aliphatic rings. The fraction of sp³-hybridized carbons (Fsp3) is 0.545. The highest BCUT2D eigenvalue weighted by atomic mass is 16.7. The van der Waals surface area contributed by atoms with Crippen molar-refractivity contribution < 1.29 is 19.0 Å². The molecular weight excluding hydrogens is 196 g/mol. The maximum absolute atomic E-state index is 10.7. The number of esters is 1. The van der Waals surface area contributed by atoms with Crippen LogP contribution in [-0.4, -0.2) is 31.6 Å². The maximum Gasteiger partial charge on any atom is 0.330 e. The van der Waals surface area contributed by atoms with E-state index in [1.165, 1.54) is 13.2 Å². The summed E-state index contributed by atoms with van der Waals surface area (Å²) in [7, 11) is 1.34. The van der Waals surface area contributed by atoms with Gasteiger partial charge in [-0.3, -0.25) is 0 Å². The third kappa shape index (κ3) is 4.27. The molecule has 4 nitrogen and oxygen atoms in total. The Bertz CT molecular complexity index is 278. The molecule has 0 saturated carbocycles. The van der Waals surface area contributed by atoms with Crippen molar-refractivity contribution in [2.45, 2.75) is 25.7 Å². The number of methoxy groups -OCH3 is 1. The average molecular weight is 212 g/mol. The van der Waals surface area contributed by atoms with Crippen LogP contribution in [0, 0.1) is 0 Å². The van der Waals surface area contributed by atoms with Crippen molar-refractivity contribution in [3.8, 4) is 0 Å². The third-order valence-electron chi connectivity index (χ3n) is 1.90. The lowest BCUT2D eigenvalue weighted by atomic mass is 10.3. The smallest absolute Gasteiger partial charge is 0.330 e. The van der Waals surface area contributed by atoms with Gasteiger partial charge >= 0.3 is 5.97 Å². The molecule has 0 N–H and O–H groups in total. The lowest BCUT2D eigenvalue weighted by Crippen LogP contribution is -2.20. The SMILES string of the molecule is COC(=O)/C=C/C=C/[C@@H]1COC(C)(C)O1. The molecule has 0 amide bonds. The van der Waals surface area contributed by atoms with Gasteiger partial charge in [-0.15, -0.1) is 0 Å². The predicted octanol–water partition coefficient (Wildman–Crippen LogP) is 1.42. The first kappa shape index (κ1) is 11.9. The summed E-state index contributed by atoms with van der Waals surface area (Å²) in [5, 5.41) is 0. The number of allylic oxidation sites excluding steroid dienone is 2. The van der Waals surface area contributed by atoms with E-state index in [2.05, 4.69) is 4.74 Å². The van der Waals surface area contributed by atoms with Gasteiger partial charge in [0.15, 0.2) is 5.79 Å². The Kier molecular flexibility index (Phi) is 4.05. The first-order chi connectivity index (χ1) is 7.03. The first-order valence-corrected chi connectivity index (χ1v) is 4.78. The molecule has 1 heterocycles. The molecule has 84 valence electrons. The molecule has 0 radical (unpaired) electrons. The van der Waals surface area contributed by atoms with Gasteiger partial charge in [-0.25, -0.2) is 4.79 Å². The number of carbonyl (C=O) groups is 1. The van der Waals surface area contributed by atoms with E-state index in [9.17, 15) is 4.79 Å². The molecule has 0 aromatic heterocycles. The number of hydrogen-bond donors (Lipinski definition) is 0. The highest BCUT2D eigenvalue weighted by molar-refractivity contribution is 5.82. The Balaban J connectivity index is 2.34. The van der Waals surface area contributed by atoms with Gasteiger partial charge in [-0.05, 0) is 13.8 Å². The van der Waals surface area contributed by atoms with Crippen molar-refractivity contribution in [3.63, 3.8) is 0 Å². The minimum atomic E-state index is -0.513. The second-order valence-electron chi connectivity index (χ2n) is 3.63. The molecule has 15 heavy (non-hydrogen) atoms. The number of carbonyl (C=O) groups excluding carboxylic acids is 1. The van der Waals surface area contributed by atoms with E-state index in [4.69, 9.17) is 9.47 Å². The topological polar surface area (TPSA) is 44.8 Å². The molecule has 0 aromatic carbocycles. The molecule has 4 heteroatoms. The van der Waals surface area contributed by atoms with Crippen LogP contribution in [0.4, 0.5) is 0 Å². The highest BCUT2D eigenvalue weighted by Gasteiger charge is 2.30. The van der Waals surface area contributed by atoms with Crippen LogP contribution in [0.15, 0.2) is 24.3 Å². The fourth-order valence-corrected chi connectivity index (χ4v) is 1.20. The zero-order valence-corrected chi connectivity index (χ0v) is 9.23. The largest absolute Gasteiger partial charge is 0.466 e. The van der Waals surface area contributed by atoms with E-state index in [1.807, 2.05) is 19.9 Å². The van der Waals surface area contributed by atoms with Crippen molar-refractivity contribution in [3.05, 3.63) is 24.3 Å². The zero-order valence-electron chi connectivity index (χ0n) is 9.23. The van der Waals surface area contributed by atoms with Gasteiger partial charge in [0.1, 0.15) is 6.10 Å². The zero-order chi connectivity index (χ0) is 11.3. The lowest BCUT2D eigenvalue weighted by Gasteiger charge is -2.15. The summed E-state index contributed by atoms with van der Waals surface area (Å²) in [5.41, 5.74) is 0. The second kappa shape index (κ2) is 5.09. The monoisotopic (exact) mass is 212 g/mol. The molecule has 1 fully saturated rings. The average Bonchev–Trinajstić information content (AvgIpc) is 2.52. The van der Waals surface area contributed by atoms with Crippen LogP contribution >= 0.6 is 0 Å². The molecule has 0 aromatic rings. The van der Waals surface area contributed by atoms with Gasteiger partial charge < -0.3 is 14.2 Å². The van der Waals surface area contributed by atoms with Crippen LogP contribution in [0.3, 0.4) is 0 Å². The molecular formula is C11H16O4. The van der Waals surface area contributed by atoms with Crippen LogP contribution in [-0.2, 0) is 19.0 Å². The molecule has 0 spiro atoms. The third-order valence-corrected chi connectivity index (χ3v) is 1.90. The Labute approximate surface area is 89.5 Å². The van der Waals surface area contributed by atoms with E-state index < -0.39 is 5.79 Å². The van der Waals surface area contributed by atoms with E-state index >= 15 is 0 Å². The van der Waals surface area contributed by atoms with Crippen molar-refractivity contribution >= 4 is 5.97 Å². The normalized spacial score (nSPS) is 25.1. The minimum Gasteiger partial charge on any atom is -0.466 e. The van der Waals surface area contributed by atoms with Crippen LogP contribution in [0.2, 0.25) is 0 Å². The van der Waals surface area contributed by atoms with Crippen molar-refractivity contribution in [2.75, 3.05) is 13.7 Å². The number of ether oxygens (including phenoxy) is 3. The van der Waals surface area contributed by atoms with Crippen LogP contribution in [0.1, 0.15) is 13.8 Å². The van der Waals surface area contributed by atoms with Gasteiger partial charge in [-0.2, -0.15) is 0 Å². The molecule has 0 unspecified atom stereocenters. The predicted molar refractivity (Wildman–Crippen MR) is 55.2 cm³/mol. The van der Waals surface area contributed by atoms with Gasteiger partial charge in [0, 0.05) is 6.08 Å². The summed E-state index contributed by atoms with van der Waals surface area (Å²) >= 11 is 0. The Morgan fingerprint density at radius 2 is 2.20 bits per heavy atom. The van der Waals surface area contributed by atoms with Crippen molar-refractivity contribution in [1.29, 1.82) is 0 Å². The molecule has 1 aliphatic heterocycles. The molecule has 1 rings (SSSR count). The second-order valence-corrected chi connectivity index (χ2v) is 3.63. The molecule has 0 aliphatic carbocycles. The van der Waals surface area contributed by atoms with E-state index in [1.54, 1.807) is 12.2 Å². The summed E-state index contributed by atoms with van der Waals surface area (Å²) < 4.78 is 15.3. The van der Waals surface area contributed by atoms with E-state index in [0.29, 0.717) is 6.61 Å². The summed E-state index contributed by atoms with van der Waals surface area (Å²) in [4.78, 5) is 10.7. The van der Waals surface area contributed by atoms with Gasteiger partial charge in [0.05, 0.1) is 13.7 Å². The molecule has 0 bridgehead atoms. The van der Waals surface area contributed by atoms with E-state index in [0.717, 1.165) is 0 Å². The minimum absolute atomic E-state index is 0.0534. The standard InChI is InChI=1S/C11H16O4/c1-11(2)14-8-9(15-11)6-4-5-7-10(12)13-3/h4-7,9H,8H2,1-3H3/b6-4+,7-5+/t9-/m1/s1. The summed E-state index contributed by atoms with van der Waals surface area (Å²) in [6.07, 6.45) is 6.49. The molecule has 1 atom stereocenters. The Morgan fingerprint density at radius 1 is 1.47 bits per heavy atom. The maximum atomic E-state index is 10.7.